The zero-order chi connectivity index (χ0) is 15.3. The van der Waals surface area contributed by atoms with Gasteiger partial charge in [-0.05, 0) is 52.5 Å². The number of hydrogen-bond acceptors (Lipinski definition) is 2. The highest BCUT2D eigenvalue weighted by Gasteiger charge is 2.24. The first-order chi connectivity index (χ1) is 9.30. The molecule has 0 aliphatic carbocycles. The Kier molecular flexibility index (Phi) is 6.14. The van der Waals surface area contributed by atoms with Crippen molar-refractivity contribution < 1.29 is 9.18 Å². The molecule has 1 amide bonds. The molecule has 1 rings (SSSR count). The van der Waals surface area contributed by atoms with Crippen LogP contribution in [0, 0.1) is 11.2 Å². The monoisotopic (exact) mass is 344 g/mol. The Hall–Kier alpha value is -0.940. The van der Waals surface area contributed by atoms with Crippen LogP contribution >= 0.6 is 15.9 Å². The Morgan fingerprint density at radius 3 is 2.60 bits per heavy atom. The highest BCUT2D eigenvalue weighted by atomic mass is 79.9. The quantitative estimate of drug-likeness (QED) is 0.859. The summed E-state index contributed by atoms with van der Waals surface area (Å²) in [6, 6.07) is 4.34. The zero-order valence-electron chi connectivity index (χ0n) is 12.2. The van der Waals surface area contributed by atoms with Crippen LogP contribution < -0.4 is 5.73 Å². The minimum atomic E-state index is -0.370. The van der Waals surface area contributed by atoms with Crippen molar-refractivity contribution in [2.75, 3.05) is 19.6 Å². The number of hydrogen-bond donors (Lipinski definition) is 1. The van der Waals surface area contributed by atoms with Crippen LogP contribution in [0.1, 0.15) is 37.6 Å². The summed E-state index contributed by atoms with van der Waals surface area (Å²) in [5.41, 5.74) is 6.09. The molecule has 112 valence electrons. The van der Waals surface area contributed by atoms with E-state index in [1.54, 1.807) is 4.90 Å². The molecule has 1 aromatic carbocycles. The van der Waals surface area contributed by atoms with Gasteiger partial charge in [-0.2, -0.15) is 0 Å². The molecule has 5 heteroatoms. The van der Waals surface area contributed by atoms with Gasteiger partial charge in [-0.15, -0.1) is 0 Å². The lowest BCUT2D eigenvalue weighted by Crippen LogP contribution is -2.42. The maximum Gasteiger partial charge on any atom is 0.253 e. The van der Waals surface area contributed by atoms with Gasteiger partial charge in [0.2, 0.25) is 0 Å². The van der Waals surface area contributed by atoms with E-state index in [9.17, 15) is 9.18 Å². The fraction of sp³-hybridized carbons (Fsp3) is 0.533. The van der Waals surface area contributed by atoms with E-state index >= 15 is 0 Å². The molecule has 0 aliphatic heterocycles. The van der Waals surface area contributed by atoms with Gasteiger partial charge in [0, 0.05) is 18.7 Å². The first-order valence-electron chi connectivity index (χ1n) is 6.75. The smallest absolute Gasteiger partial charge is 0.253 e. The molecule has 1 aromatic rings. The minimum absolute atomic E-state index is 0.0888. The molecule has 0 heterocycles. The first-order valence-corrected chi connectivity index (χ1v) is 7.54. The van der Waals surface area contributed by atoms with Gasteiger partial charge in [-0.25, -0.2) is 4.39 Å². The Morgan fingerprint density at radius 1 is 1.45 bits per heavy atom. The lowest BCUT2D eigenvalue weighted by Gasteiger charge is -2.31. The number of nitrogens with two attached hydrogens (primary N) is 1. The average Bonchev–Trinajstić information content (AvgIpc) is 2.40. The van der Waals surface area contributed by atoms with Gasteiger partial charge in [0.05, 0.1) is 4.47 Å². The van der Waals surface area contributed by atoms with Crippen LogP contribution in [-0.4, -0.2) is 30.4 Å². The van der Waals surface area contributed by atoms with Gasteiger partial charge >= 0.3 is 0 Å². The molecule has 0 aliphatic rings. The fourth-order valence-electron chi connectivity index (χ4n) is 1.92. The summed E-state index contributed by atoms with van der Waals surface area (Å²) < 4.78 is 13.6. The molecule has 0 atom stereocenters. The molecule has 0 aromatic heterocycles. The predicted octanol–water partition coefficient (Wildman–Crippen LogP) is 3.43. The van der Waals surface area contributed by atoms with Gasteiger partial charge in [0.1, 0.15) is 5.82 Å². The number of nitrogens with zero attached hydrogens (tertiary/aromatic N) is 1. The molecule has 0 bridgehead atoms. The maximum absolute atomic E-state index is 13.2. The van der Waals surface area contributed by atoms with E-state index in [1.807, 2.05) is 20.8 Å². The molecule has 0 fully saturated rings. The second kappa shape index (κ2) is 7.18. The maximum atomic E-state index is 13.2. The number of benzene rings is 1. The highest BCUT2D eigenvalue weighted by molar-refractivity contribution is 9.10. The van der Waals surface area contributed by atoms with E-state index in [1.165, 1.54) is 18.2 Å². The third-order valence-corrected chi connectivity index (χ3v) is 3.73. The second-order valence-corrected chi connectivity index (χ2v) is 6.58. The Balaban J connectivity index is 2.96. The Labute approximate surface area is 128 Å². The van der Waals surface area contributed by atoms with Gasteiger partial charge in [0.15, 0.2) is 0 Å². The zero-order valence-corrected chi connectivity index (χ0v) is 13.8. The fourth-order valence-corrected chi connectivity index (χ4v) is 2.29. The Bertz CT molecular complexity index is 477. The Morgan fingerprint density at radius 2 is 2.10 bits per heavy atom. The third kappa shape index (κ3) is 4.56. The molecular weight excluding hydrogens is 323 g/mol. The van der Waals surface area contributed by atoms with Gasteiger partial charge in [-0.3, -0.25) is 4.79 Å². The molecule has 0 saturated carbocycles. The minimum Gasteiger partial charge on any atom is -0.338 e. The molecule has 2 N–H and O–H groups in total. The number of halogens is 2. The summed E-state index contributed by atoms with van der Waals surface area (Å²) >= 11 is 3.11. The summed E-state index contributed by atoms with van der Waals surface area (Å²) in [6.45, 7) is 7.85. The van der Waals surface area contributed by atoms with Crippen molar-refractivity contribution in [3.05, 3.63) is 34.1 Å². The number of carbonyl (C=O) groups excluding carboxylic acids is 1. The van der Waals surface area contributed by atoms with Crippen LogP contribution in [0.4, 0.5) is 4.39 Å². The summed E-state index contributed by atoms with van der Waals surface area (Å²) in [5.74, 6) is -0.458. The summed E-state index contributed by atoms with van der Waals surface area (Å²) in [5, 5.41) is 0. The number of amides is 1. The van der Waals surface area contributed by atoms with Crippen LogP contribution in [-0.2, 0) is 0 Å². The van der Waals surface area contributed by atoms with Gasteiger partial charge < -0.3 is 10.6 Å². The topological polar surface area (TPSA) is 46.3 Å². The number of rotatable bonds is 6. The number of carbonyl (C=O) groups is 1. The first kappa shape index (κ1) is 17.1. The largest absolute Gasteiger partial charge is 0.338 e. The second-order valence-electron chi connectivity index (χ2n) is 5.72. The van der Waals surface area contributed by atoms with E-state index < -0.39 is 0 Å². The van der Waals surface area contributed by atoms with Crippen LogP contribution in [0.25, 0.3) is 0 Å². The van der Waals surface area contributed by atoms with E-state index in [0.717, 1.165) is 6.42 Å². The molecule has 0 radical (unpaired) electrons. The molecule has 0 spiro atoms. The molecule has 20 heavy (non-hydrogen) atoms. The van der Waals surface area contributed by atoms with E-state index in [-0.39, 0.29) is 17.1 Å². The summed E-state index contributed by atoms with van der Waals surface area (Å²) in [4.78, 5) is 14.3. The molecule has 3 nitrogen and oxygen atoms in total. The summed E-state index contributed by atoms with van der Waals surface area (Å²) in [6.07, 6.45) is 0.870. The van der Waals surface area contributed by atoms with Crippen molar-refractivity contribution >= 4 is 21.8 Å². The standard InChI is InChI=1S/C15H22BrFN2O/c1-4-7-19(10-15(2,3)9-18)14(20)11-5-6-13(17)12(16)8-11/h5-6,8H,4,7,9-10,18H2,1-3H3. The SMILES string of the molecule is CCCN(CC(C)(C)CN)C(=O)c1ccc(F)c(Br)c1. The summed E-state index contributed by atoms with van der Waals surface area (Å²) in [7, 11) is 0. The van der Waals surface area contributed by atoms with Gasteiger partial charge in [0.25, 0.3) is 5.91 Å². The van der Waals surface area contributed by atoms with Crippen molar-refractivity contribution in [1.82, 2.24) is 4.90 Å². The normalized spacial score (nSPS) is 11.5. The van der Waals surface area contributed by atoms with Crippen LogP contribution in [0.2, 0.25) is 0 Å². The van der Waals surface area contributed by atoms with E-state index in [2.05, 4.69) is 15.9 Å². The predicted molar refractivity (Wildman–Crippen MR) is 83.1 cm³/mol. The van der Waals surface area contributed by atoms with Crippen LogP contribution in [0.15, 0.2) is 22.7 Å². The lowest BCUT2D eigenvalue weighted by molar-refractivity contribution is 0.0689. The average molecular weight is 345 g/mol. The van der Waals surface area contributed by atoms with Crippen molar-refractivity contribution in [3.63, 3.8) is 0 Å². The molecule has 0 saturated heterocycles. The van der Waals surface area contributed by atoms with E-state index in [0.29, 0.717) is 29.7 Å². The van der Waals surface area contributed by atoms with Crippen molar-refractivity contribution in [2.45, 2.75) is 27.2 Å². The highest BCUT2D eigenvalue weighted by Crippen LogP contribution is 2.21. The third-order valence-electron chi connectivity index (χ3n) is 3.12. The molecular formula is C15H22BrFN2O. The van der Waals surface area contributed by atoms with Crippen molar-refractivity contribution in [2.24, 2.45) is 11.1 Å². The lowest BCUT2D eigenvalue weighted by atomic mass is 9.92. The molecule has 0 unspecified atom stereocenters. The van der Waals surface area contributed by atoms with E-state index in [4.69, 9.17) is 5.73 Å². The van der Waals surface area contributed by atoms with Crippen molar-refractivity contribution in [1.29, 1.82) is 0 Å². The van der Waals surface area contributed by atoms with Gasteiger partial charge in [-0.1, -0.05) is 20.8 Å². The van der Waals surface area contributed by atoms with Crippen LogP contribution in [0.3, 0.4) is 0 Å². The van der Waals surface area contributed by atoms with Crippen molar-refractivity contribution in [3.8, 4) is 0 Å². The van der Waals surface area contributed by atoms with Crippen LogP contribution in [0.5, 0.6) is 0 Å².